The Morgan fingerprint density at radius 3 is 2.40 bits per heavy atom. The number of piperidine rings is 1. The fourth-order valence-corrected chi connectivity index (χ4v) is 5.42. The SMILES string of the molecule is CS(=O)(=O)N1CCC(Nc2ncc(F)c(-c3sc(C4CC4)nc3C(F)(F)F)n2)CC1. The van der Waals surface area contributed by atoms with Crippen LogP contribution in [-0.2, 0) is 16.2 Å². The van der Waals surface area contributed by atoms with Crippen LogP contribution in [0.3, 0.4) is 0 Å². The number of nitrogens with one attached hydrogen (secondary N) is 1. The van der Waals surface area contributed by atoms with Gasteiger partial charge in [0, 0.05) is 25.0 Å². The first kappa shape index (κ1) is 21.4. The molecular formula is C17H19F4N5O2S2. The number of rotatable bonds is 5. The van der Waals surface area contributed by atoms with Gasteiger partial charge in [-0.2, -0.15) is 13.2 Å². The molecule has 0 atom stereocenters. The standard InChI is InChI=1S/C17H19F4N5O2S2/c1-30(27,28)26-6-4-10(5-7-26)23-16-22-8-11(18)12(24-16)13-14(17(19,20)21)25-15(29-13)9-2-3-9/h8-10H,2-7H2,1H3,(H,22,23,24). The first-order valence-corrected chi connectivity index (χ1v) is 12.0. The summed E-state index contributed by atoms with van der Waals surface area (Å²) in [4.78, 5) is 11.2. The van der Waals surface area contributed by atoms with Crippen molar-refractivity contribution in [3.8, 4) is 10.6 Å². The van der Waals surface area contributed by atoms with Crippen LogP contribution in [0.15, 0.2) is 6.20 Å². The van der Waals surface area contributed by atoms with Crippen molar-refractivity contribution in [2.24, 2.45) is 0 Å². The molecular weight excluding hydrogens is 446 g/mol. The zero-order valence-corrected chi connectivity index (χ0v) is 17.5. The van der Waals surface area contributed by atoms with Crippen LogP contribution in [0.1, 0.15) is 42.3 Å². The molecule has 2 aliphatic rings. The van der Waals surface area contributed by atoms with Crippen molar-refractivity contribution >= 4 is 27.3 Å². The van der Waals surface area contributed by atoms with E-state index in [0.29, 0.717) is 30.9 Å². The molecule has 7 nitrogen and oxygen atoms in total. The highest BCUT2D eigenvalue weighted by Crippen LogP contribution is 2.48. The number of anilines is 1. The Bertz CT molecular complexity index is 1040. The Labute approximate surface area is 174 Å². The molecule has 2 aromatic rings. The molecule has 0 unspecified atom stereocenters. The molecule has 13 heteroatoms. The second-order valence-corrected chi connectivity index (χ2v) is 10.5. The highest BCUT2D eigenvalue weighted by molar-refractivity contribution is 7.88. The number of hydrogen-bond donors (Lipinski definition) is 1. The van der Waals surface area contributed by atoms with E-state index in [9.17, 15) is 26.0 Å². The number of aromatic nitrogens is 3. The van der Waals surface area contributed by atoms with Crippen molar-refractivity contribution in [1.29, 1.82) is 0 Å². The summed E-state index contributed by atoms with van der Waals surface area (Å²) in [5.41, 5.74) is -1.56. The minimum atomic E-state index is -4.72. The summed E-state index contributed by atoms with van der Waals surface area (Å²) in [6, 6.07) is -0.174. The van der Waals surface area contributed by atoms with Gasteiger partial charge < -0.3 is 5.32 Å². The van der Waals surface area contributed by atoms with Crippen LogP contribution in [-0.4, -0.2) is 53.1 Å². The summed E-state index contributed by atoms with van der Waals surface area (Å²) in [7, 11) is -3.28. The van der Waals surface area contributed by atoms with Crippen LogP contribution >= 0.6 is 11.3 Å². The Morgan fingerprint density at radius 2 is 1.83 bits per heavy atom. The molecule has 1 N–H and O–H groups in total. The van der Waals surface area contributed by atoms with Crippen molar-refractivity contribution in [3.05, 3.63) is 22.7 Å². The number of halogens is 4. The summed E-state index contributed by atoms with van der Waals surface area (Å²) in [6.07, 6.45) is -0.244. The average Bonchev–Trinajstić information content (AvgIpc) is 3.40. The smallest absolute Gasteiger partial charge is 0.351 e. The third-order valence-corrected chi connectivity index (χ3v) is 7.58. The first-order chi connectivity index (χ1) is 14.0. The maximum absolute atomic E-state index is 14.4. The predicted molar refractivity (Wildman–Crippen MR) is 103 cm³/mol. The van der Waals surface area contributed by atoms with Crippen LogP contribution < -0.4 is 5.32 Å². The van der Waals surface area contributed by atoms with Crippen molar-refractivity contribution in [2.75, 3.05) is 24.7 Å². The minimum Gasteiger partial charge on any atom is -0.351 e. The van der Waals surface area contributed by atoms with E-state index in [0.717, 1.165) is 36.6 Å². The fourth-order valence-electron chi connectivity index (χ4n) is 3.30. The monoisotopic (exact) mass is 465 g/mol. The maximum atomic E-state index is 14.4. The number of hydrogen-bond acceptors (Lipinski definition) is 7. The Hall–Kier alpha value is -1.86. The van der Waals surface area contributed by atoms with Gasteiger partial charge in [0.15, 0.2) is 11.5 Å². The lowest BCUT2D eigenvalue weighted by molar-refractivity contribution is -0.140. The van der Waals surface area contributed by atoms with Crippen molar-refractivity contribution < 1.29 is 26.0 Å². The normalized spacial score (nSPS) is 19.2. The molecule has 3 heterocycles. The Balaban J connectivity index is 1.58. The predicted octanol–water partition coefficient (Wildman–Crippen LogP) is 3.47. The van der Waals surface area contributed by atoms with Crippen LogP contribution in [0, 0.1) is 5.82 Å². The van der Waals surface area contributed by atoms with E-state index in [1.807, 2.05) is 0 Å². The van der Waals surface area contributed by atoms with Gasteiger partial charge in [-0.15, -0.1) is 11.3 Å². The Kier molecular flexibility index (Phi) is 5.47. The average molecular weight is 465 g/mol. The molecule has 0 amide bonds. The molecule has 1 aliphatic heterocycles. The van der Waals surface area contributed by atoms with E-state index in [4.69, 9.17) is 0 Å². The lowest BCUT2D eigenvalue weighted by atomic mass is 10.1. The molecule has 2 aromatic heterocycles. The largest absolute Gasteiger partial charge is 0.434 e. The van der Waals surface area contributed by atoms with E-state index in [2.05, 4.69) is 20.3 Å². The number of sulfonamides is 1. The third kappa shape index (κ3) is 4.57. The summed E-state index contributed by atoms with van der Waals surface area (Å²) < 4.78 is 79.4. The van der Waals surface area contributed by atoms with Crippen LogP contribution in [0.5, 0.6) is 0 Å². The fraction of sp³-hybridized carbons (Fsp3) is 0.588. The van der Waals surface area contributed by atoms with E-state index in [1.165, 1.54) is 4.31 Å². The van der Waals surface area contributed by atoms with Crippen molar-refractivity contribution in [2.45, 2.75) is 43.8 Å². The second-order valence-electron chi connectivity index (χ2n) is 7.47. The second kappa shape index (κ2) is 7.68. The third-order valence-electron chi connectivity index (χ3n) is 5.05. The van der Waals surface area contributed by atoms with Gasteiger partial charge in [-0.3, -0.25) is 0 Å². The summed E-state index contributed by atoms with van der Waals surface area (Å²) in [6.45, 7) is 0.616. The molecule has 1 saturated carbocycles. The van der Waals surface area contributed by atoms with Gasteiger partial charge in [0.1, 0.15) is 5.69 Å². The molecule has 164 valence electrons. The Morgan fingerprint density at radius 1 is 1.17 bits per heavy atom. The van der Waals surface area contributed by atoms with Gasteiger partial charge in [-0.25, -0.2) is 32.1 Å². The van der Waals surface area contributed by atoms with Gasteiger partial charge in [-0.1, -0.05) is 0 Å². The molecule has 1 aliphatic carbocycles. The molecule has 4 rings (SSSR count). The van der Waals surface area contributed by atoms with Crippen molar-refractivity contribution in [1.82, 2.24) is 19.3 Å². The van der Waals surface area contributed by atoms with E-state index in [-0.39, 0.29) is 22.8 Å². The number of nitrogens with zero attached hydrogens (tertiary/aromatic N) is 4. The lowest BCUT2D eigenvalue weighted by Crippen LogP contribution is -2.42. The molecule has 0 bridgehead atoms. The highest BCUT2D eigenvalue weighted by Gasteiger charge is 2.41. The van der Waals surface area contributed by atoms with E-state index >= 15 is 0 Å². The van der Waals surface area contributed by atoms with E-state index in [1.54, 1.807) is 0 Å². The summed E-state index contributed by atoms with van der Waals surface area (Å²) in [5.74, 6) is -0.963. The van der Waals surface area contributed by atoms with Gasteiger partial charge in [0.05, 0.1) is 22.3 Å². The zero-order valence-electron chi connectivity index (χ0n) is 15.9. The van der Waals surface area contributed by atoms with Gasteiger partial charge in [0.25, 0.3) is 0 Å². The maximum Gasteiger partial charge on any atom is 0.434 e. The number of thiazole rings is 1. The molecule has 2 fully saturated rings. The molecule has 0 radical (unpaired) electrons. The van der Waals surface area contributed by atoms with E-state index < -0.39 is 33.4 Å². The van der Waals surface area contributed by atoms with Crippen LogP contribution in [0.4, 0.5) is 23.5 Å². The molecule has 1 saturated heterocycles. The summed E-state index contributed by atoms with van der Waals surface area (Å²) in [5, 5.41) is 3.33. The summed E-state index contributed by atoms with van der Waals surface area (Å²) >= 11 is 0.820. The first-order valence-electron chi connectivity index (χ1n) is 9.35. The lowest BCUT2D eigenvalue weighted by Gasteiger charge is -2.30. The topological polar surface area (TPSA) is 88.1 Å². The van der Waals surface area contributed by atoms with Gasteiger partial charge in [-0.05, 0) is 25.7 Å². The molecule has 30 heavy (non-hydrogen) atoms. The van der Waals surface area contributed by atoms with Gasteiger partial charge in [0.2, 0.25) is 16.0 Å². The molecule has 0 spiro atoms. The highest BCUT2D eigenvalue weighted by atomic mass is 32.2. The van der Waals surface area contributed by atoms with Crippen molar-refractivity contribution in [3.63, 3.8) is 0 Å². The molecule has 0 aromatic carbocycles. The zero-order chi connectivity index (χ0) is 21.7. The minimum absolute atomic E-state index is 0.00120. The van der Waals surface area contributed by atoms with Crippen LogP contribution in [0.25, 0.3) is 10.6 Å². The number of alkyl halides is 3. The van der Waals surface area contributed by atoms with Crippen LogP contribution in [0.2, 0.25) is 0 Å². The quantitative estimate of drug-likeness (QED) is 0.681. The van der Waals surface area contributed by atoms with Gasteiger partial charge >= 0.3 is 6.18 Å².